The number of carbonyl (C=O) groups is 2. The zero-order chi connectivity index (χ0) is 22.5. The Hall–Kier alpha value is -4.04. The van der Waals surface area contributed by atoms with Gasteiger partial charge in [0.15, 0.2) is 6.10 Å². The van der Waals surface area contributed by atoms with Gasteiger partial charge in [0.25, 0.3) is 11.6 Å². The number of hydrogen-bond acceptors (Lipinski definition) is 6. The van der Waals surface area contributed by atoms with E-state index in [-0.39, 0.29) is 11.4 Å². The van der Waals surface area contributed by atoms with Crippen molar-refractivity contribution < 1.29 is 19.3 Å². The summed E-state index contributed by atoms with van der Waals surface area (Å²) in [5.41, 5.74) is 0.268. The molecule has 0 aliphatic carbocycles. The van der Waals surface area contributed by atoms with E-state index in [1.807, 2.05) is 60.7 Å². The maximum absolute atomic E-state index is 13.8. The predicted molar refractivity (Wildman–Crippen MR) is 117 cm³/mol. The Morgan fingerprint density at radius 3 is 2.19 bits per heavy atom. The van der Waals surface area contributed by atoms with Gasteiger partial charge in [-0.25, -0.2) is 9.96 Å². The fraction of sp³-hybridized carbons (Fsp3) is 0.167. The van der Waals surface area contributed by atoms with Gasteiger partial charge in [-0.3, -0.25) is 24.5 Å². The molecule has 5 rings (SSSR count). The number of carbonyl (C=O) groups excluding carboxylic acids is 2. The zero-order valence-corrected chi connectivity index (χ0v) is 17.1. The lowest BCUT2D eigenvalue weighted by atomic mass is 9.76. The summed E-state index contributed by atoms with van der Waals surface area (Å²) < 4.78 is 0. The van der Waals surface area contributed by atoms with Crippen LogP contribution in [0.5, 0.6) is 0 Å². The number of nitrogens with zero attached hydrogens (tertiary/aromatic N) is 3. The summed E-state index contributed by atoms with van der Waals surface area (Å²) in [6, 6.07) is 23.6. The van der Waals surface area contributed by atoms with Crippen molar-refractivity contribution in [1.29, 1.82) is 0 Å². The SMILES string of the molecule is C[C@]12C(=O)N(c3cccc([N+](=O)[O-])c3)C(=O)[C@@H]1ON(c1ccccc1)[C@H]2c1ccccc1. The van der Waals surface area contributed by atoms with Crippen LogP contribution in [0.4, 0.5) is 17.1 Å². The van der Waals surface area contributed by atoms with Gasteiger partial charge < -0.3 is 0 Å². The predicted octanol–water partition coefficient (Wildman–Crippen LogP) is 4.04. The lowest BCUT2D eigenvalue weighted by Gasteiger charge is -2.32. The number of nitro benzene ring substituents is 1. The molecule has 2 aliphatic heterocycles. The van der Waals surface area contributed by atoms with E-state index in [0.29, 0.717) is 0 Å². The van der Waals surface area contributed by atoms with Gasteiger partial charge >= 0.3 is 0 Å². The molecule has 0 saturated carbocycles. The second kappa shape index (κ2) is 7.28. The normalized spacial score (nSPS) is 24.7. The molecular weight excluding hydrogens is 410 g/mol. The van der Waals surface area contributed by atoms with E-state index < -0.39 is 34.3 Å². The highest BCUT2D eigenvalue weighted by atomic mass is 16.7. The fourth-order valence-corrected chi connectivity index (χ4v) is 4.55. The molecule has 3 aromatic rings. The number of benzene rings is 3. The number of imide groups is 1. The minimum atomic E-state index is -1.24. The number of amides is 2. The fourth-order valence-electron chi connectivity index (χ4n) is 4.55. The summed E-state index contributed by atoms with van der Waals surface area (Å²) in [7, 11) is 0. The number of rotatable bonds is 4. The summed E-state index contributed by atoms with van der Waals surface area (Å²) in [5, 5.41) is 12.8. The van der Waals surface area contributed by atoms with Crippen molar-refractivity contribution in [1.82, 2.24) is 0 Å². The number of non-ortho nitro benzene ring substituents is 1. The second-order valence-corrected chi connectivity index (χ2v) is 8.00. The number of para-hydroxylation sites is 1. The van der Waals surface area contributed by atoms with Gasteiger partial charge in [-0.2, -0.15) is 0 Å². The minimum Gasteiger partial charge on any atom is -0.273 e. The average molecular weight is 429 g/mol. The number of anilines is 2. The Morgan fingerprint density at radius 1 is 0.906 bits per heavy atom. The van der Waals surface area contributed by atoms with E-state index in [4.69, 9.17) is 4.84 Å². The quantitative estimate of drug-likeness (QED) is 0.353. The summed E-state index contributed by atoms with van der Waals surface area (Å²) >= 11 is 0. The van der Waals surface area contributed by atoms with Crippen LogP contribution in [0.2, 0.25) is 0 Å². The van der Waals surface area contributed by atoms with E-state index >= 15 is 0 Å². The highest BCUT2D eigenvalue weighted by molar-refractivity contribution is 6.25. The van der Waals surface area contributed by atoms with Gasteiger partial charge in [-0.1, -0.05) is 54.6 Å². The van der Waals surface area contributed by atoms with Gasteiger partial charge in [-0.05, 0) is 30.7 Å². The second-order valence-electron chi connectivity index (χ2n) is 8.00. The first-order valence-electron chi connectivity index (χ1n) is 10.1. The number of fused-ring (bicyclic) bond motifs is 1. The molecule has 32 heavy (non-hydrogen) atoms. The van der Waals surface area contributed by atoms with Crippen LogP contribution in [0, 0.1) is 15.5 Å². The molecule has 0 aromatic heterocycles. The van der Waals surface area contributed by atoms with Crippen LogP contribution in [0.15, 0.2) is 84.9 Å². The lowest BCUT2D eigenvalue weighted by molar-refractivity contribution is -0.384. The Morgan fingerprint density at radius 2 is 1.53 bits per heavy atom. The van der Waals surface area contributed by atoms with Gasteiger partial charge in [-0.15, -0.1) is 0 Å². The first-order valence-corrected chi connectivity index (χ1v) is 10.1. The van der Waals surface area contributed by atoms with Gasteiger partial charge in [0.1, 0.15) is 5.41 Å². The summed E-state index contributed by atoms with van der Waals surface area (Å²) in [5.74, 6) is -1.00. The number of hydrogen-bond donors (Lipinski definition) is 0. The lowest BCUT2D eigenvalue weighted by Crippen LogP contribution is -2.41. The molecule has 0 radical (unpaired) electrons. The topological polar surface area (TPSA) is 93.0 Å². The average Bonchev–Trinajstić information content (AvgIpc) is 3.23. The van der Waals surface area contributed by atoms with Crippen LogP contribution in [-0.4, -0.2) is 22.8 Å². The van der Waals surface area contributed by atoms with Gasteiger partial charge in [0, 0.05) is 12.1 Å². The Kier molecular flexibility index (Phi) is 4.53. The third-order valence-corrected chi connectivity index (χ3v) is 6.10. The number of hydroxylamine groups is 1. The van der Waals surface area contributed by atoms with Crippen LogP contribution in [0.3, 0.4) is 0 Å². The summed E-state index contributed by atoms with van der Waals surface area (Å²) in [6.45, 7) is 1.72. The molecule has 8 nitrogen and oxygen atoms in total. The maximum atomic E-state index is 13.8. The molecule has 0 N–H and O–H groups in total. The molecule has 0 bridgehead atoms. The maximum Gasteiger partial charge on any atom is 0.271 e. The van der Waals surface area contributed by atoms with Crippen molar-refractivity contribution >= 4 is 28.9 Å². The highest BCUT2D eigenvalue weighted by Crippen LogP contribution is 2.55. The van der Waals surface area contributed by atoms with Crippen molar-refractivity contribution in [3.63, 3.8) is 0 Å². The van der Waals surface area contributed by atoms with E-state index in [1.54, 1.807) is 12.0 Å². The first kappa shape index (κ1) is 19.9. The molecule has 8 heteroatoms. The third-order valence-electron chi connectivity index (χ3n) is 6.10. The van der Waals surface area contributed by atoms with Crippen molar-refractivity contribution in [2.75, 3.05) is 9.96 Å². The molecule has 2 aliphatic rings. The summed E-state index contributed by atoms with van der Waals surface area (Å²) in [6.07, 6.45) is -1.07. The molecule has 0 spiro atoms. The first-order chi connectivity index (χ1) is 15.4. The molecule has 3 atom stereocenters. The standard InChI is InChI=1S/C24H19N3O5/c1-24-20(16-9-4-2-5-10-16)26(17-11-6-3-7-12-17)32-21(24)22(28)25(23(24)29)18-13-8-14-19(15-18)27(30)31/h2-15,20-21H,1H3/t20-,21-,24+/m0/s1. The molecule has 2 saturated heterocycles. The minimum absolute atomic E-state index is 0.159. The largest absolute Gasteiger partial charge is 0.273 e. The van der Waals surface area contributed by atoms with E-state index in [1.165, 1.54) is 24.3 Å². The third kappa shape index (κ3) is 2.80. The van der Waals surface area contributed by atoms with Crippen LogP contribution in [-0.2, 0) is 14.4 Å². The monoisotopic (exact) mass is 429 g/mol. The molecule has 0 unspecified atom stereocenters. The van der Waals surface area contributed by atoms with E-state index in [0.717, 1.165) is 16.2 Å². The molecule has 3 aromatic carbocycles. The van der Waals surface area contributed by atoms with Crippen molar-refractivity contribution in [2.45, 2.75) is 19.1 Å². The van der Waals surface area contributed by atoms with Crippen LogP contribution in [0.25, 0.3) is 0 Å². The van der Waals surface area contributed by atoms with Crippen LogP contribution >= 0.6 is 0 Å². The smallest absolute Gasteiger partial charge is 0.271 e. The Labute approximate surface area is 183 Å². The van der Waals surface area contributed by atoms with Gasteiger partial charge in [0.05, 0.1) is 22.3 Å². The molecule has 160 valence electrons. The Balaban J connectivity index is 1.63. The molecule has 2 amide bonds. The van der Waals surface area contributed by atoms with Gasteiger partial charge in [0.2, 0.25) is 5.91 Å². The molecule has 2 fully saturated rings. The Bertz CT molecular complexity index is 1220. The number of nitro groups is 1. The van der Waals surface area contributed by atoms with E-state index in [2.05, 4.69) is 0 Å². The zero-order valence-electron chi connectivity index (χ0n) is 17.1. The van der Waals surface area contributed by atoms with Crippen molar-refractivity contribution in [3.05, 3.63) is 101 Å². The van der Waals surface area contributed by atoms with Crippen LogP contribution < -0.4 is 9.96 Å². The van der Waals surface area contributed by atoms with E-state index in [9.17, 15) is 19.7 Å². The van der Waals surface area contributed by atoms with Crippen molar-refractivity contribution in [3.8, 4) is 0 Å². The molecule has 2 heterocycles. The van der Waals surface area contributed by atoms with Crippen molar-refractivity contribution in [2.24, 2.45) is 5.41 Å². The molecular formula is C24H19N3O5. The van der Waals surface area contributed by atoms with Crippen LogP contribution in [0.1, 0.15) is 18.5 Å². The summed E-state index contributed by atoms with van der Waals surface area (Å²) in [4.78, 5) is 45.0. The highest BCUT2D eigenvalue weighted by Gasteiger charge is 2.68.